The third kappa shape index (κ3) is 2.36. The Morgan fingerprint density at radius 3 is 2.26 bits per heavy atom. The van der Waals surface area contributed by atoms with Crippen molar-refractivity contribution in [1.82, 2.24) is 19.2 Å². The normalized spacial score (nSPS) is 11.3. The molecule has 0 amide bonds. The quantitative estimate of drug-likeness (QED) is 0.482. The van der Waals surface area contributed by atoms with Crippen LogP contribution in [0.5, 0.6) is 0 Å². The highest BCUT2D eigenvalue weighted by atomic mass is 16.1. The number of aromatic nitrogens is 4. The van der Waals surface area contributed by atoms with Crippen molar-refractivity contribution in [3.05, 3.63) is 94.8 Å². The van der Waals surface area contributed by atoms with Crippen LogP contribution in [0, 0.1) is 6.92 Å². The fourth-order valence-electron chi connectivity index (χ4n) is 3.40. The predicted molar refractivity (Wildman–Crippen MR) is 106 cm³/mol. The lowest BCUT2D eigenvalue weighted by Gasteiger charge is -2.11. The van der Waals surface area contributed by atoms with Gasteiger partial charge in [0.05, 0.1) is 16.6 Å². The Hall–Kier alpha value is -3.73. The first-order chi connectivity index (χ1) is 13.2. The summed E-state index contributed by atoms with van der Waals surface area (Å²) >= 11 is 0. The van der Waals surface area contributed by atoms with Gasteiger partial charge in [-0.1, -0.05) is 60.2 Å². The molecule has 2 aromatic heterocycles. The standard InChI is InChI=1S/C22H16N4O/c1-15-11-13-17(14-12-15)25-21(27)18-9-5-6-10-19(18)26-20(23-24-22(25)26)16-7-3-2-4-8-16/h2-14H,1H3. The minimum Gasteiger partial charge on any atom is -0.268 e. The molecular formula is C22H16N4O. The number of aryl methyl sites for hydroxylation is 1. The van der Waals surface area contributed by atoms with Crippen molar-refractivity contribution in [1.29, 1.82) is 0 Å². The van der Waals surface area contributed by atoms with Crippen molar-refractivity contribution in [2.75, 3.05) is 0 Å². The van der Waals surface area contributed by atoms with E-state index in [-0.39, 0.29) is 5.56 Å². The van der Waals surface area contributed by atoms with Crippen LogP contribution in [0.1, 0.15) is 5.56 Å². The summed E-state index contributed by atoms with van der Waals surface area (Å²) in [6.45, 7) is 2.02. The molecule has 0 radical (unpaired) electrons. The maximum Gasteiger partial charge on any atom is 0.267 e. The van der Waals surface area contributed by atoms with Gasteiger partial charge in [-0.25, -0.2) is 4.57 Å². The summed E-state index contributed by atoms with van der Waals surface area (Å²) in [6, 6.07) is 25.3. The van der Waals surface area contributed by atoms with E-state index in [1.165, 1.54) is 0 Å². The first-order valence-corrected chi connectivity index (χ1v) is 8.75. The fraction of sp³-hybridized carbons (Fsp3) is 0.0455. The van der Waals surface area contributed by atoms with E-state index >= 15 is 0 Å². The van der Waals surface area contributed by atoms with Crippen molar-refractivity contribution in [3.8, 4) is 17.1 Å². The highest BCUT2D eigenvalue weighted by Crippen LogP contribution is 2.23. The average Bonchev–Trinajstić information content (AvgIpc) is 3.15. The van der Waals surface area contributed by atoms with Gasteiger partial charge in [0.1, 0.15) is 0 Å². The molecule has 3 aromatic carbocycles. The van der Waals surface area contributed by atoms with Gasteiger partial charge in [0.2, 0.25) is 5.78 Å². The minimum atomic E-state index is -0.103. The van der Waals surface area contributed by atoms with Crippen LogP contribution in [0.15, 0.2) is 83.7 Å². The van der Waals surface area contributed by atoms with Gasteiger partial charge in [-0.05, 0) is 31.2 Å². The first-order valence-electron chi connectivity index (χ1n) is 8.75. The van der Waals surface area contributed by atoms with E-state index in [9.17, 15) is 4.79 Å². The molecule has 2 heterocycles. The molecule has 5 nitrogen and oxygen atoms in total. The number of para-hydroxylation sites is 1. The van der Waals surface area contributed by atoms with Crippen molar-refractivity contribution >= 4 is 16.7 Å². The first kappa shape index (κ1) is 15.5. The van der Waals surface area contributed by atoms with Crippen molar-refractivity contribution < 1.29 is 0 Å². The van der Waals surface area contributed by atoms with E-state index in [4.69, 9.17) is 0 Å². The van der Waals surface area contributed by atoms with Crippen LogP contribution >= 0.6 is 0 Å². The molecule has 27 heavy (non-hydrogen) atoms. The molecule has 130 valence electrons. The summed E-state index contributed by atoms with van der Waals surface area (Å²) in [6.07, 6.45) is 0. The topological polar surface area (TPSA) is 52.2 Å². The molecule has 0 atom stereocenters. The fourth-order valence-corrected chi connectivity index (χ4v) is 3.40. The van der Waals surface area contributed by atoms with Gasteiger partial charge in [0.15, 0.2) is 5.82 Å². The lowest BCUT2D eigenvalue weighted by atomic mass is 10.2. The van der Waals surface area contributed by atoms with E-state index in [0.717, 1.165) is 22.3 Å². The molecule has 0 saturated carbocycles. The van der Waals surface area contributed by atoms with Gasteiger partial charge >= 0.3 is 0 Å². The summed E-state index contributed by atoms with van der Waals surface area (Å²) in [5.74, 6) is 1.21. The Labute approximate surface area is 155 Å². The van der Waals surface area contributed by atoms with Crippen LogP contribution in [0.2, 0.25) is 0 Å². The zero-order chi connectivity index (χ0) is 18.4. The SMILES string of the molecule is Cc1ccc(-n2c(=O)c3ccccc3n3c(-c4ccccc4)nnc23)cc1. The minimum absolute atomic E-state index is 0.103. The van der Waals surface area contributed by atoms with Gasteiger partial charge < -0.3 is 0 Å². The predicted octanol–water partition coefficient (Wildman–Crippen LogP) is 4.01. The molecule has 0 N–H and O–H groups in total. The van der Waals surface area contributed by atoms with Gasteiger partial charge in [0, 0.05) is 5.56 Å². The summed E-state index contributed by atoms with van der Waals surface area (Å²) < 4.78 is 3.58. The molecule has 0 aliphatic rings. The van der Waals surface area contributed by atoms with E-state index in [0.29, 0.717) is 17.0 Å². The highest BCUT2D eigenvalue weighted by Gasteiger charge is 2.18. The molecule has 5 aromatic rings. The lowest BCUT2D eigenvalue weighted by Crippen LogP contribution is -2.21. The Balaban J connectivity index is 1.96. The summed E-state index contributed by atoms with van der Waals surface area (Å²) in [7, 11) is 0. The zero-order valence-electron chi connectivity index (χ0n) is 14.7. The summed E-state index contributed by atoms with van der Waals surface area (Å²) in [5.41, 5.74) is 3.55. The van der Waals surface area contributed by atoms with Crippen LogP contribution in [0.3, 0.4) is 0 Å². The summed E-state index contributed by atoms with van der Waals surface area (Å²) in [5, 5.41) is 9.42. The third-order valence-corrected chi connectivity index (χ3v) is 4.75. The summed E-state index contributed by atoms with van der Waals surface area (Å²) in [4.78, 5) is 13.3. The van der Waals surface area contributed by atoms with Crippen LogP contribution in [0.4, 0.5) is 0 Å². The van der Waals surface area contributed by atoms with Crippen molar-refractivity contribution in [3.63, 3.8) is 0 Å². The molecule has 0 saturated heterocycles. The van der Waals surface area contributed by atoms with Gasteiger partial charge in [-0.15, -0.1) is 10.2 Å². The van der Waals surface area contributed by atoms with Crippen LogP contribution in [-0.4, -0.2) is 19.2 Å². The van der Waals surface area contributed by atoms with E-state index in [1.807, 2.05) is 90.2 Å². The van der Waals surface area contributed by atoms with Gasteiger partial charge in [-0.3, -0.25) is 9.20 Å². The Bertz CT molecular complexity index is 1330. The van der Waals surface area contributed by atoms with E-state index in [2.05, 4.69) is 10.2 Å². The molecule has 0 aliphatic heterocycles. The molecule has 0 fully saturated rings. The smallest absolute Gasteiger partial charge is 0.267 e. The van der Waals surface area contributed by atoms with Gasteiger partial charge in [0.25, 0.3) is 5.56 Å². The number of hydrogen-bond acceptors (Lipinski definition) is 3. The Morgan fingerprint density at radius 2 is 1.48 bits per heavy atom. The van der Waals surface area contributed by atoms with Crippen molar-refractivity contribution in [2.24, 2.45) is 0 Å². The molecule has 5 heteroatoms. The molecule has 0 spiro atoms. The van der Waals surface area contributed by atoms with Crippen LogP contribution in [-0.2, 0) is 0 Å². The molecule has 0 unspecified atom stereocenters. The Morgan fingerprint density at radius 1 is 0.778 bits per heavy atom. The largest absolute Gasteiger partial charge is 0.268 e. The number of hydrogen-bond donors (Lipinski definition) is 0. The number of rotatable bonds is 2. The van der Waals surface area contributed by atoms with Crippen LogP contribution < -0.4 is 5.56 Å². The average molecular weight is 352 g/mol. The van der Waals surface area contributed by atoms with E-state index in [1.54, 1.807) is 4.57 Å². The molecule has 5 rings (SSSR count). The number of fused-ring (bicyclic) bond motifs is 3. The second kappa shape index (κ2) is 5.92. The highest BCUT2D eigenvalue weighted by molar-refractivity contribution is 5.83. The number of nitrogens with zero attached hydrogens (tertiary/aromatic N) is 4. The number of benzene rings is 3. The zero-order valence-corrected chi connectivity index (χ0v) is 14.7. The van der Waals surface area contributed by atoms with Gasteiger partial charge in [-0.2, -0.15) is 0 Å². The van der Waals surface area contributed by atoms with Crippen molar-refractivity contribution in [2.45, 2.75) is 6.92 Å². The Kier molecular flexibility index (Phi) is 3.40. The maximum atomic E-state index is 13.3. The lowest BCUT2D eigenvalue weighted by molar-refractivity contribution is 0.966. The monoisotopic (exact) mass is 352 g/mol. The third-order valence-electron chi connectivity index (χ3n) is 4.75. The molecule has 0 aliphatic carbocycles. The van der Waals surface area contributed by atoms with Crippen LogP contribution in [0.25, 0.3) is 33.8 Å². The second-order valence-electron chi connectivity index (χ2n) is 6.52. The molecular weight excluding hydrogens is 336 g/mol. The molecule has 0 bridgehead atoms. The second-order valence-corrected chi connectivity index (χ2v) is 6.52. The maximum absolute atomic E-state index is 13.3. The van der Waals surface area contributed by atoms with E-state index < -0.39 is 0 Å².